The second-order valence-electron chi connectivity index (χ2n) is 4.61. The van der Waals surface area contributed by atoms with Crippen LogP contribution in [-0.2, 0) is 4.74 Å². The highest BCUT2D eigenvalue weighted by Crippen LogP contribution is 2.19. The first kappa shape index (κ1) is 13.0. The van der Waals surface area contributed by atoms with Crippen LogP contribution in [0.15, 0.2) is 18.2 Å². The molecule has 18 heavy (non-hydrogen) atoms. The highest BCUT2D eigenvalue weighted by Gasteiger charge is 2.19. The third-order valence-electron chi connectivity index (χ3n) is 3.26. The van der Waals surface area contributed by atoms with Crippen molar-refractivity contribution in [1.29, 1.82) is 5.26 Å². The zero-order valence-electron chi connectivity index (χ0n) is 10.4. The summed E-state index contributed by atoms with van der Waals surface area (Å²) in [6.45, 7) is 3.31. The number of benzene rings is 1. The first-order valence-electron chi connectivity index (χ1n) is 6.21. The molecule has 2 rings (SSSR count). The van der Waals surface area contributed by atoms with E-state index in [2.05, 4.69) is 11.4 Å². The molecule has 1 saturated heterocycles. The summed E-state index contributed by atoms with van der Waals surface area (Å²) < 4.78 is 18.7. The standard InChI is InChI=1S/C14H17FN2O/c1-10-4-5-11(15)7-13(10)14(8-16)17-9-12-3-2-6-18-12/h4-5,7,12,14,17H,2-3,6,9H2,1H3. The molecule has 0 amide bonds. The highest BCUT2D eigenvalue weighted by atomic mass is 19.1. The molecule has 1 heterocycles. The highest BCUT2D eigenvalue weighted by molar-refractivity contribution is 5.32. The van der Waals surface area contributed by atoms with Gasteiger partial charge in [0.2, 0.25) is 0 Å². The summed E-state index contributed by atoms with van der Waals surface area (Å²) in [6.07, 6.45) is 2.27. The number of aryl methyl sites for hydroxylation is 1. The largest absolute Gasteiger partial charge is 0.377 e. The van der Waals surface area contributed by atoms with Crippen LogP contribution in [0.5, 0.6) is 0 Å². The van der Waals surface area contributed by atoms with E-state index in [9.17, 15) is 9.65 Å². The van der Waals surface area contributed by atoms with Gasteiger partial charge in [-0.2, -0.15) is 5.26 Å². The summed E-state index contributed by atoms with van der Waals surface area (Å²) >= 11 is 0. The Morgan fingerprint density at radius 3 is 3.11 bits per heavy atom. The Morgan fingerprint density at radius 1 is 1.61 bits per heavy atom. The molecular weight excluding hydrogens is 231 g/mol. The Balaban J connectivity index is 2.03. The average Bonchev–Trinajstić information content (AvgIpc) is 2.87. The first-order valence-corrected chi connectivity index (χ1v) is 6.21. The second kappa shape index (κ2) is 5.94. The van der Waals surface area contributed by atoms with E-state index >= 15 is 0 Å². The summed E-state index contributed by atoms with van der Waals surface area (Å²) in [5.41, 5.74) is 1.62. The summed E-state index contributed by atoms with van der Waals surface area (Å²) in [4.78, 5) is 0. The second-order valence-corrected chi connectivity index (χ2v) is 4.61. The fourth-order valence-electron chi connectivity index (χ4n) is 2.20. The number of halogens is 1. The fraction of sp³-hybridized carbons (Fsp3) is 0.500. The molecule has 2 atom stereocenters. The fourth-order valence-corrected chi connectivity index (χ4v) is 2.20. The van der Waals surface area contributed by atoms with Gasteiger partial charge in [-0.3, -0.25) is 5.32 Å². The third kappa shape index (κ3) is 3.06. The number of hydrogen-bond donors (Lipinski definition) is 1. The minimum atomic E-state index is -0.482. The molecule has 1 aliphatic heterocycles. The molecule has 1 aliphatic rings. The van der Waals surface area contributed by atoms with Gasteiger partial charge in [-0.1, -0.05) is 6.07 Å². The van der Waals surface area contributed by atoms with Gasteiger partial charge in [0.15, 0.2) is 0 Å². The van der Waals surface area contributed by atoms with Crippen LogP contribution in [0.1, 0.15) is 30.0 Å². The van der Waals surface area contributed by atoms with Gasteiger partial charge in [-0.15, -0.1) is 0 Å². The molecule has 0 spiro atoms. The predicted molar refractivity (Wildman–Crippen MR) is 66.5 cm³/mol. The molecule has 3 nitrogen and oxygen atoms in total. The number of nitrogens with zero attached hydrogens (tertiary/aromatic N) is 1. The molecule has 0 aromatic heterocycles. The Bertz CT molecular complexity index is 450. The van der Waals surface area contributed by atoms with E-state index in [1.165, 1.54) is 12.1 Å². The van der Waals surface area contributed by atoms with Crippen molar-refractivity contribution in [2.24, 2.45) is 0 Å². The maximum absolute atomic E-state index is 13.2. The smallest absolute Gasteiger partial charge is 0.123 e. The van der Waals surface area contributed by atoms with Crippen molar-refractivity contribution in [2.75, 3.05) is 13.2 Å². The topological polar surface area (TPSA) is 45.0 Å². The van der Waals surface area contributed by atoms with Crippen LogP contribution >= 0.6 is 0 Å². The maximum Gasteiger partial charge on any atom is 0.123 e. The van der Waals surface area contributed by atoms with E-state index < -0.39 is 6.04 Å². The third-order valence-corrected chi connectivity index (χ3v) is 3.26. The van der Waals surface area contributed by atoms with Crippen molar-refractivity contribution >= 4 is 0 Å². The Hall–Kier alpha value is -1.44. The SMILES string of the molecule is Cc1ccc(F)cc1C(C#N)NCC1CCCO1. The number of ether oxygens (including phenoxy) is 1. The van der Waals surface area contributed by atoms with Crippen LogP contribution in [0.4, 0.5) is 4.39 Å². The van der Waals surface area contributed by atoms with Crippen LogP contribution < -0.4 is 5.32 Å². The Labute approximate surface area is 107 Å². The van der Waals surface area contributed by atoms with Crippen molar-refractivity contribution < 1.29 is 9.13 Å². The normalized spacial score (nSPS) is 20.6. The molecule has 1 aromatic rings. The molecule has 1 aromatic carbocycles. The van der Waals surface area contributed by atoms with Gasteiger partial charge < -0.3 is 4.74 Å². The molecule has 96 valence electrons. The molecule has 1 fully saturated rings. The lowest BCUT2D eigenvalue weighted by atomic mass is 10.0. The summed E-state index contributed by atoms with van der Waals surface area (Å²) in [5, 5.41) is 12.3. The van der Waals surface area contributed by atoms with E-state index in [0.29, 0.717) is 12.1 Å². The van der Waals surface area contributed by atoms with Crippen molar-refractivity contribution in [3.8, 4) is 6.07 Å². The molecule has 2 unspecified atom stereocenters. The molecule has 1 N–H and O–H groups in total. The minimum Gasteiger partial charge on any atom is -0.377 e. The van der Waals surface area contributed by atoms with Crippen LogP contribution in [0, 0.1) is 24.1 Å². The van der Waals surface area contributed by atoms with E-state index in [4.69, 9.17) is 4.74 Å². The quantitative estimate of drug-likeness (QED) is 0.890. The van der Waals surface area contributed by atoms with Gasteiger partial charge >= 0.3 is 0 Å². The molecular formula is C14H17FN2O. The van der Waals surface area contributed by atoms with Crippen LogP contribution in [-0.4, -0.2) is 19.3 Å². The number of nitrogens with one attached hydrogen (secondary N) is 1. The summed E-state index contributed by atoms with van der Waals surface area (Å²) in [6, 6.07) is 6.23. The van der Waals surface area contributed by atoms with Gasteiger partial charge in [-0.05, 0) is 43.0 Å². The summed E-state index contributed by atoms with van der Waals surface area (Å²) in [5.74, 6) is -0.310. The summed E-state index contributed by atoms with van der Waals surface area (Å²) in [7, 11) is 0. The van der Waals surface area contributed by atoms with Gasteiger partial charge in [0, 0.05) is 13.2 Å². The number of nitriles is 1. The Morgan fingerprint density at radius 2 is 2.44 bits per heavy atom. The van der Waals surface area contributed by atoms with E-state index in [0.717, 1.165) is 25.0 Å². The molecule has 0 saturated carbocycles. The Kier molecular flexibility index (Phi) is 4.29. The van der Waals surface area contributed by atoms with Gasteiger partial charge in [0.1, 0.15) is 11.9 Å². The van der Waals surface area contributed by atoms with Crippen LogP contribution in [0.25, 0.3) is 0 Å². The molecule has 0 bridgehead atoms. The lowest BCUT2D eigenvalue weighted by Crippen LogP contribution is -2.29. The van der Waals surface area contributed by atoms with E-state index in [1.54, 1.807) is 6.07 Å². The van der Waals surface area contributed by atoms with Gasteiger partial charge in [-0.25, -0.2) is 4.39 Å². The monoisotopic (exact) mass is 248 g/mol. The predicted octanol–water partition coefficient (Wildman–Crippen LogP) is 2.47. The van der Waals surface area contributed by atoms with Gasteiger partial charge in [0.05, 0.1) is 12.2 Å². The lowest BCUT2D eigenvalue weighted by molar-refractivity contribution is 0.109. The number of hydrogen-bond acceptors (Lipinski definition) is 3. The molecule has 4 heteroatoms. The number of rotatable bonds is 4. The lowest BCUT2D eigenvalue weighted by Gasteiger charge is -2.17. The van der Waals surface area contributed by atoms with Crippen molar-refractivity contribution in [3.63, 3.8) is 0 Å². The molecule has 0 aliphatic carbocycles. The van der Waals surface area contributed by atoms with E-state index in [1.807, 2.05) is 6.92 Å². The maximum atomic E-state index is 13.2. The van der Waals surface area contributed by atoms with Crippen LogP contribution in [0.3, 0.4) is 0 Å². The molecule has 0 radical (unpaired) electrons. The zero-order chi connectivity index (χ0) is 13.0. The van der Waals surface area contributed by atoms with Crippen molar-refractivity contribution in [3.05, 3.63) is 35.1 Å². The van der Waals surface area contributed by atoms with Crippen molar-refractivity contribution in [2.45, 2.75) is 31.9 Å². The average molecular weight is 248 g/mol. The first-order chi connectivity index (χ1) is 8.70. The van der Waals surface area contributed by atoms with Gasteiger partial charge in [0.25, 0.3) is 0 Å². The zero-order valence-corrected chi connectivity index (χ0v) is 10.4. The van der Waals surface area contributed by atoms with Crippen LogP contribution in [0.2, 0.25) is 0 Å². The minimum absolute atomic E-state index is 0.176. The van der Waals surface area contributed by atoms with Crippen molar-refractivity contribution in [1.82, 2.24) is 5.32 Å². The van der Waals surface area contributed by atoms with E-state index in [-0.39, 0.29) is 11.9 Å².